The lowest BCUT2D eigenvalue weighted by atomic mass is 10.1. The van der Waals surface area contributed by atoms with E-state index in [0.29, 0.717) is 23.2 Å². The number of aromatic amines is 1. The molecule has 2 aromatic rings. The fourth-order valence-corrected chi connectivity index (χ4v) is 1.90. The maximum Gasteiger partial charge on any atom is 0.268 e. The van der Waals surface area contributed by atoms with Crippen LogP contribution in [0.5, 0.6) is 0 Å². The Kier molecular flexibility index (Phi) is 4.93. The van der Waals surface area contributed by atoms with Gasteiger partial charge in [-0.25, -0.2) is 5.10 Å². The van der Waals surface area contributed by atoms with Gasteiger partial charge in [-0.2, -0.15) is 5.10 Å². The molecular weight excluding hydrogens is 274 g/mol. The summed E-state index contributed by atoms with van der Waals surface area (Å²) in [5, 5.41) is 10.6. The van der Waals surface area contributed by atoms with Crippen LogP contribution in [0, 0.1) is 0 Å². The summed E-state index contributed by atoms with van der Waals surface area (Å²) in [5.74, 6) is 0. The number of hydrogen-bond acceptors (Lipinski definition) is 3. The Balaban J connectivity index is 2.24. The van der Waals surface area contributed by atoms with Crippen molar-refractivity contribution in [2.75, 3.05) is 0 Å². The average molecular weight is 292 g/mol. The topological polar surface area (TPSA) is 57.8 Å². The molecule has 20 heavy (non-hydrogen) atoms. The quantitative estimate of drug-likeness (QED) is 0.890. The van der Waals surface area contributed by atoms with Gasteiger partial charge >= 0.3 is 0 Å². The summed E-state index contributed by atoms with van der Waals surface area (Å²) >= 11 is 5.87. The normalized spacial score (nSPS) is 12.3. The van der Waals surface area contributed by atoms with E-state index in [1.807, 2.05) is 18.2 Å². The molecule has 1 heterocycles. The third-order valence-electron chi connectivity index (χ3n) is 3.27. The van der Waals surface area contributed by atoms with Crippen molar-refractivity contribution in [2.24, 2.45) is 0 Å². The zero-order valence-electron chi connectivity index (χ0n) is 11.6. The van der Waals surface area contributed by atoms with Crippen LogP contribution < -0.4 is 10.9 Å². The van der Waals surface area contributed by atoms with Crippen LogP contribution >= 0.6 is 11.6 Å². The van der Waals surface area contributed by atoms with Crippen molar-refractivity contribution >= 4 is 11.6 Å². The Labute approximate surface area is 123 Å². The lowest BCUT2D eigenvalue weighted by Gasteiger charge is -2.11. The molecule has 1 atom stereocenters. The first kappa shape index (κ1) is 14.8. The van der Waals surface area contributed by atoms with E-state index in [9.17, 15) is 4.79 Å². The lowest BCUT2D eigenvalue weighted by Crippen LogP contribution is -2.28. The molecule has 0 saturated heterocycles. The largest absolute Gasteiger partial charge is 0.310 e. The van der Waals surface area contributed by atoms with Gasteiger partial charge in [-0.05, 0) is 31.5 Å². The van der Waals surface area contributed by atoms with Crippen molar-refractivity contribution in [3.63, 3.8) is 0 Å². The minimum Gasteiger partial charge on any atom is -0.310 e. The van der Waals surface area contributed by atoms with Crippen LogP contribution in [0.15, 0.2) is 35.1 Å². The van der Waals surface area contributed by atoms with Crippen molar-refractivity contribution in [3.8, 4) is 11.3 Å². The standard InChI is InChI=1S/C15H18ClN3O/c1-3-10(2)17-9-12-8-14(18-19-15(12)20)11-4-6-13(16)7-5-11/h4-8,10,17H,3,9H2,1-2H3,(H,19,20). The van der Waals surface area contributed by atoms with Gasteiger partial charge in [-0.1, -0.05) is 30.7 Å². The highest BCUT2D eigenvalue weighted by Crippen LogP contribution is 2.18. The lowest BCUT2D eigenvalue weighted by molar-refractivity contribution is 0.531. The SMILES string of the molecule is CCC(C)NCc1cc(-c2ccc(Cl)cc2)n[nH]c1=O. The minimum atomic E-state index is -0.154. The molecule has 0 radical (unpaired) electrons. The summed E-state index contributed by atoms with van der Waals surface area (Å²) in [4.78, 5) is 11.8. The van der Waals surface area contributed by atoms with Crippen molar-refractivity contribution in [3.05, 3.63) is 51.3 Å². The molecule has 0 bridgehead atoms. The number of benzene rings is 1. The van der Waals surface area contributed by atoms with Crippen LogP contribution in [0.4, 0.5) is 0 Å². The smallest absolute Gasteiger partial charge is 0.268 e. The van der Waals surface area contributed by atoms with Crippen LogP contribution in [0.2, 0.25) is 5.02 Å². The summed E-state index contributed by atoms with van der Waals surface area (Å²) in [7, 11) is 0. The van der Waals surface area contributed by atoms with E-state index in [-0.39, 0.29) is 5.56 Å². The number of nitrogens with one attached hydrogen (secondary N) is 2. The Morgan fingerprint density at radius 3 is 2.70 bits per heavy atom. The van der Waals surface area contributed by atoms with Crippen LogP contribution in [-0.2, 0) is 6.54 Å². The number of hydrogen-bond donors (Lipinski definition) is 2. The maximum absolute atomic E-state index is 11.8. The predicted octanol–water partition coefficient (Wildman–Crippen LogP) is 2.98. The summed E-state index contributed by atoms with van der Waals surface area (Å²) in [5.41, 5.74) is 2.20. The first-order valence-corrected chi connectivity index (χ1v) is 7.06. The number of rotatable bonds is 5. The van der Waals surface area contributed by atoms with E-state index >= 15 is 0 Å². The minimum absolute atomic E-state index is 0.154. The van der Waals surface area contributed by atoms with E-state index in [4.69, 9.17) is 11.6 Å². The number of aromatic nitrogens is 2. The zero-order chi connectivity index (χ0) is 14.5. The van der Waals surface area contributed by atoms with Gasteiger partial charge < -0.3 is 5.32 Å². The van der Waals surface area contributed by atoms with Crippen molar-refractivity contribution < 1.29 is 0 Å². The Morgan fingerprint density at radius 2 is 2.05 bits per heavy atom. The number of H-pyrrole nitrogens is 1. The second-order valence-electron chi connectivity index (χ2n) is 4.80. The molecule has 0 aliphatic heterocycles. The Morgan fingerprint density at radius 1 is 1.35 bits per heavy atom. The zero-order valence-corrected chi connectivity index (χ0v) is 12.4. The Hall–Kier alpha value is -1.65. The van der Waals surface area contributed by atoms with Gasteiger partial charge in [0, 0.05) is 28.7 Å². The molecule has 2 N–H and O–H groups in total. The van der Waals surface area contributed by atoms with Gasteiger partial charge in [0.2, 0.25) is 0 Å². The van der Waals surface area contributed by atoms with Gasteiger partial charge in [0.05, 0.1) is 5.69 Å². The second kappa shape index (κ2) is 6.68. The molecule has 1 aromatic heterocycles. The molecule has 1 aromatic carbocycles. The van der Waals surface area contributed by atoms with Gasteiger partial charge in [-0.15, -0.1) is 0 Å². The maximum atomic E-state index is 11.8. The molecular formula is C15H18ClN3O. The fourth-order valence-electron chi connectivity index (χ4n) is 1.77. The molecule has 0 aliphatic carbocycles. The summed E-state index contributed by atoms with van der Waals surface area (Å²) < 4.78 is 0. The molecule has 2 rings (SSSR count). The third-order valence-corrected chi connectivity index (χ3v) is 3.53. The molecule has 0 amide bonds. The third kappa shape index (κ3) is 3.68. The van der Waals surface area contributed by atoms with Crippen LogP contribution in [0.25, 0.3) is 11.3 Å². The van der Waals surface area contributed by atoms with Crippen LogP contribution in [0.1, 0.15) is 25.8 Å². The van der Waals surface area contributed by atoms with E-state index in [1.54, 1.807) is 12.1 Å². The fraction of sp³-hybridized carbons (Fsp3) is 0.333. The van der Waals surface area contributed by atoms with Gasteiger partial charge in [0.15, 0.2) is 0 Å². The van der Waals surface area contributed by atoms with Crippen molar-refractivity contribution in [2.45, 2.75) is 32.9 Å². The van der Waals surface area contributed by atoms with Crippen molar-refractivity contribution in [1.82, 2.24) is 15.5 Å². The highest BCUT2D eigenvalue weighted by Gasteiger charge is 2.06. The molecule has 1 unspecified atom stereocenters. The highest BCUT2D eigenvalue weighted by atomic mass is 35.5. The highest BCUT2D eigenvalue weighted by molar-refractivity contribution is 6.30. The summed E-state index contributed by atoms with van der Waals surface area (Å²) in [6.45, 7) is 4.73. The molecule has 4 nitrogen and oxygen atoms in total. The van der Waals surface area contributed by atoms with E-state index in [2.05, 4.69) is 29.4 Å². The molecule has 0 saturated carbocycles. The first-order chi connectivity index (χ1) is 9.60. The molecule has 0 aliphatic rings. The first-order valence-electron chi connectivity index (χ1n) is 6.68. The molecule has 0 spiro atoms. The van der Waals surface area contributed by atoms with Crippen LogP contribution in [0.3, 0.4) is 0 Å². The van der Waals surface area contributed by atoms with Gasteiger partial charge in [-0.3, -0.25) is 4.79 Å². The monoisotopic (exact) mass is 291 g/mol. The average Bonchev–Trinajstić information content (AvgIpc) is 2.47. The van der Waals surface area contributed by atoms with Gasteiger partial charge in [0.25, 0.3) is 5.56 Å². The van der Waals surface area contributed by atoms with E-state index in [0.717, 1.165) is 17.7 Å². The second-order valence-corrected chi connectivity index (χ2v) is 5.24. The van der Waals surface area contributed by atoms with Crippen molar-refractivity contribution in [1.29, 1.82) is 0 Å². The molecule has 5 heteroatoms. The molecule has 0 fully saturated rings. The van der Waals surface area contributed by atoms with E-state index < -0.39 is 0 Å². The van der Waals surface area contributed by atoms with E-state index in [1.165, 1.54) is 0 Å². The Bertz CT molecular complexity index is 622. The number of halogens is 1. The predicted molar refractivity (Wildman–Crippen MR) is 81.9 cm³/mol. The molecule has 106 valence electrons. The van der Waals surface area contributed by atoms with Gasteiger partial charge in [0.1, 0.15) is 0 Å². The summed E-state index contributed by atoms with van der Waals surface area (Å²) in [6, 6.07) is 9.57. The summed E-state index contributed by atoms with van der Waals surface area (Å²) in [6.07, 6.45) is 1.02. The van der Waals surface area contributed by atoms with Crippen LogP contribution in [-0.4, -0.2) is 16.2 Å². The number of nitrogens with zero attached hydrogens (tertiary/aromatic N) is 1.